The standard InChI is InChI=1S/C12H20O2S/c1-7-8(2)12(6)9(3)11(7,5)10(4)15(12,13)14/h9-10H,1-6H3/t9?,10-,11+,12-/m0/s1. The quantitative estimate of drug-likeness (QED) is 0.597. The molecule has 15 heavy (non-hydrogen) atoms. The molecule has 1 aliphatic carbocycles. The minimum absolute atomic E-state index is 0.155. The fraction of sp³-hybridized carbons (Fsp3) is 0.833. The first-order valence-electron chi connectivity index (χ1n) is 5.54. The Morgan fingerprint density at radius 3 is 1.87 bits per heavy atom. The highest BCUT2D eigenvalue weighted by Crippen LogP contribution is 2.65. The maximum Gasteiger partial charge on any atom is 0.163 e. The number of allylic oxidation sites excluding steroid dienone is 1. The van der Waals surface area contributed by atoms with E-state index in [2.05, 4.69) is 20.8 Å². The van der Waals surface area contributed by atoms with Crippen molar-refractivity contribution >= 4 is 9.84 Å². The first-order chi connectivity index (χ1) is 6.62. The summed E-state index contributed by atoms with van der Waals surface area (Å²) in [6, 6.07) is 0. The van der Waals surface area contributed by atoms with Gasteiger partial charge < -0.3 is 0 Å². The van der Waals surface area contributed by atoms with Crippen LogP contribution in [0.25, 0.3) is 0 Å². The fourth-order valence-electron chi connectivity index (χ4n) is 3.80. The van der Waals surface area contributed by atoms with Crippen molar-refractivity contribution in [1.29, 1.82) is 0 Å². The third-order valence-electron chi connectivity index (χ3n) is 5.74. The molecule has 3 heteroatoms. The normalized spacial score (nSPS) is 52.7. The topological polar surface area (TPSA) is 34.1 Å². The molecule has 86 valence electrons. The van der Waals surface area contributed by atoms with E-state index in [4.69, 9.17) is 0 Å². The molecule has 0 spiro atoms. The van der Waals surface area contributed by atoms with Crippen LogP contribution < -0.4 is 0 Å². The van der Waals surface area contributed by atoms with Crippen LogP contribution in [0.15, 0.2) is 11.1 Å². The van der Waals surface area contributed by atoms with Gasteiger partial charge in [-0.1, -0.05) is 25.0 Å². The number of rotatable bonds is 0. The molecule has 2 aliphatic rings. The van der Waals surface area contributed by atoms with Crippen LogP contribution in [0.3, 0.4) is 0 Å². The Hall–Kier alpha value is -0.310. The molecule has 4 atom stereocenters. The molecule has 2 bridgehead atoms. The van der Waals surface area contributed by atoms with Crippen LogP contribution in [-0.2, 0) is 9.84 Å². The number of hydrogen-bond acceptors (Lipinski definition) is 2. The molecular weight excluding hydrogens is 208 g/mol. The summed E-state index contributed by atoms with van der Waals surface area (Å²) in [5, 5.41) is -0.242. The first kappa shape index (κ1) is 11.2. The van der Waals surface area contributed by atoms with Gasteiger partial charge in [0, 0.05) is 5.41 Å². The Labute approximate surface area is 92.7 Å². The van der Waals surface area contributed by atoms with Crippen LogP contribution >= 0.6 is 0 Å². The number of hydrogen-bond donors (Lipinski definition) is 0. The predicted octanol–water partition coefficient (Wildman–Crippen LogP) is 2.55. The van der Waals surface area contributed by atoms with Crippen molar-refractivity contribution in [3.63, 3.8) is 0 Å². The summed E-state index contributed by atoms with van der Waals surface area (Å²) in [4.78, 5) is 0. The van der Waals surface area contributed by atoms with Crippen molar-refractivity contribution < 1.29 is 8.42 Å². The van der Waals surface area contributed by atoms with Crippen molar-refractivity contribution in [2.45, 2.75) is 51.5 Å². The van der Waals surface area contributed by atoms with E-state index in [0.717, 1.165) is 5.57 Å². The first-order valence-corrected chi connectivity index (χ1v) is 7.09. The van der Waals surface area contributed by atoms with Crippen LogP contribution in [0, 0.1) is 11.3 Å². The Morgan fingerprint density at radius 1 is 1.07 bits per heavy atom. The van der Waals surface area contributed by atoms with Crippen molar-refractivity contribution in [1.82, 2.24) is 0 Å². The molecular formula is C12H20O2S. The SMILES string of the molecule is CC1=C(C)[C@]2(C)C(C)[C@@]1(C)S(=O)(=O)[C@H]2C. The van der Waals surface area contributed by atoms with Crippen molar-refractivity contribution in [3.05, 3.63) is 11.1 Å². The third kappa shape index (κ3) is 0.789. The Balaban J connectivity index is 2.86. The minimum atomic E-state index is -3.01. The van der Waals surface area contributed by atoms with Crippen LogP contribution in [0.2, 0.25) is 0 Å². The van der Waals surface area contributed by atoms with E-state index >= 15 is 0 Å². The zero-order valence-electron chi connectivity index (χ0n) is 10.4. The molecule has 1 saturated heterocycles. The van der Waals surface area contributed by atoms with Gasteiger partial charge >= 0.3 is 0 Å². The fourth-order valence-corrected chi connectivity index (χ4v) is 6.88. The zero-order chi connectivity index (χ0) is 11.8. The summed E-state index contributed by atoms with van der Waals surface area (Å²) >= 11 is 0. The van der Waals surface area contributed by atoms with Crippen LogP contribution in [0.1, 0.15) is 41.5 Å². The molecule has 1 heterocycles. The minimum Gasteiger partial charge on any atom is -0.228 e. The molecule has 0 aromatic heterocycles. The molecule has 0 N–H and O–H groups in total. The lowest BCUT2D eigenvalue weighted by atomic mass is 9.73. The van der Waals surface area contributed by atoms with Crippen LogP contribution in [0.4, 0.5) is 0 Å². The van der Waals surface area contributed by atoms with E-state index in [1.54, 1.807) is 0 Å². The van der Waals surface area contributed by atoms with Gasteiger partial charge in [0.15, 0.2) is 9.84 Å². The van der Waals surface area contributed by atoms with Crippen molar-refractivity contribution in [3.8, 4) is 0 Å². The molecule has 0 saturated carbocycles. The summed E-state index contributed by atoms with van der Waals surface area (Å²) in [6.45, 7) is 12.0. The largest absolute Gasteiger partial charge is 0.228 e. The van der Waals surface area contributed by atoms with Crippen molar-refractivity contribution in [2.75, 3.05) is 0 Å². The van der Waals surface area contributed by atoms with Gasteiger partial charge in [0.1, 0.15) is 0 Å². The van der Waals surface area contributed by atoms with E-state index in [1.807, 2.05) is 20.8 Å². The van der Waals surface area contributed by atoms with E-state index in [0.29, 0.717) is 0 Å². The molecule has 0 aromatic carbocycles. The molecule has 0 aromatic rings. The zero-order valence-corrected chi connectivity index (χ0v) is 11.2. The second kappa shape index (κ2) is 2.50. The molecule has 1 aliphatic heterocycles. The Morgan fingerprint density at radius 2 is 1.53 bits per heavy atom. The lowest BCUT2D eigenvalue weighted by Crippen LogP contribution is -2.39. The molecule has 0 radical (unpaired) electrons. The lowest BCUT2D eigenvalue weighted by Gasteiger charge is -2.32. The highest BCUT2D eigenvalue weighted by atomic mass is 32.2. The maximum absolute atomic E-state index is 12.4. The average Bonchev–Trinajstić information content (AvgIpc) is 2.37. The maximum atomic E-state index is 12.4. The summed E-state index contributed by atoms with van der Waals surface area (Å²) < 4.78 is 24.2. The van der Waals surface area contributed by atoms with Gasteiger partial charge in [-0.05, 0) is 33.6 Å². The van der Waals surface area contributed by atoms with Gasteiger partial charge in [0.2, 0.25) is 0 Å². The molecule has 2 nitrogen and oxygen atoms in total. The number of fused-ring (bicyclic) bond motifs is 2. The lowest BCUT2D eigenvalue weighted by molar-refractivity contribution is 0.281. The summed E-state index contributed by atoms with van der Waals surface area (Å²) in [6.07, 6.45) is 0. The second-order valence-corrected chi connectivity index (χ2v) is 8.19. The van der Waals surface area contributed by atoms with E-state index in [-0.39, 0.29) is 16.6 Å². The van der Waals surface area contributed by atoms with E-state index in [9.17, 15) is 8.42 Å². The summed E-state index contributed by atoms with van der Waals surface area (Å²) in [7, 11) is -3.01. The highest BCUT2D eigenvalue weighted by molar-refractivity contribution is 7.94. The van der Waals surface area contributed by atoms with Crippen molar-refractivity contribution in [2.24, 2.45) is 11.3 Å². The molecule has 1 unspecified atom stereocenters. The van der Waals surface area contributed by atoms with Gasteiger partial charge in [-0.15, -0.1) is 0 Å². The third-order valence-corrected chi connectivity index (χ3v) is 9.00. The summed E-state index contributed by atoms with van der Waals surface area (Å²) in [5.41, 5.74) is 2.22. The Kier molecular flexibility index (Phi) is 1.86. The van der Waals surface area contributed by atoms with Gasteiger partial charge in [-0.3, -0.25) is 0 Å². The summed E-state index contributed by atoms with van der Waals surface area (Å²) in [5.74, 6) is 0.199. The molecule has 2 rings (SSSR count). The highest BCUT2D eigenvalue weighted by Gasteiger charge is 2.70. The van der Waals surface area contributed by atoms with E-state index < -0.39 is 14.6 Å². The van der Waals surface area contributed by atoms with E-state index in [1.165, 1.54) is 5.57 Å². The molecule has 0 amide bonds. The second-order valence-electron chi connectivity index (χ2n) is 5.55. The monoisotopic (exact) mass is 228 g/mol. The Bertz CT molecular complexity index is 460. The van der Waals surface area contributed by atoms with Gasteiger partial charge in [-0.2, -0.15) is 0 Å². The number of sulfone groups is 1. The molecule has 1 fully saturated rings. The van der Waals surface area contributed by atoms with Gasteiger partial charge in [0.05, 0.1) is 10.00 Å². The van der Waals surface area contributed by atoms with Gasteiger partial charge in [0.25, 0.3) is 0 Å². The van der Waals surface area contributed by atoms with Gasteiger partial charge in [-0.25, -0.2) is 8.42 Å². The average molecular weight is 228 g/mol. The predicted molar refractivity (Wildman–Crippen MR) is 62.4 cm³/mol. The van der Waals surface area contributed by atoms with Crippen LogP contribution in [0.5, 0.6) is 0 Å². The van der Waals surface area contributed by atoms with Crippen LogP contribution in [-0.4, -0.2) is 18.4 Å². The smallest absolute Gasteiger partial charge is 0.163 e.